The molecule has 2 aliphatic heterocycles. The molecule has 2 aliphatic rings. The summed E-state index contributed by atoms with van der Waals surface area (Å²) in [7, 11) is 0. The van der Waals surface area contributed by atoms with E-state index in [1.54, 1.807) is 23.1 Å². The Bertz CT molecular complexity index is 585. The van der Waals surface area contributed by atoms with Crippen molar-refractivity contribution >= 4 is 40.7 Å². The van der Waals surface area contributed by atoms with Gasteiger partial charge in [-0.15, -0.1) is 0 Å². The van der Waals surface area contributed by atoms with Gasteiger partial charge < -0.3 is 4.90 Å². The second-order valence-corrected chi connectivity index (χ2v) is 6.21. The number of hydrogen-bond acceptors (Lipinski definition) is 2. The van der Waals surface area contributed by atoms with Crippen molar-refractivity contribution in [1.29, 1.82) is 0 Å². The second-order valence-electron chi connectivity index (χ2n) is 5.39. The van der Waals surface area contributed by atoms with Crippen LogP contribution in [0.4, 0.5) is 5.69 Å². The van der Waals surface area contributed by atoms with Crippen LogP contribution in [-0.2, 0) is 9.59 Å². The van der Waals surface area contributed by atoms with Crippen molar-refractivity contribution in [2.45, 2.75) is 38.3 Å². The average molecular weight is 327 g/mol. The van der Waals surface area contributed by atoms with Crippen molar-refractivity contribution < 1.29 is 9.59 Å². The van der Waals surface area contributed by atoms with E-state index in [9.17, 15) is 9.59 Å². The van der Waals surface area contributed by atoms with Crippen LogP contribution < -0.4 is 4.90 Å². The number of hydrogen-bond donors (Lipinski definition) is 0. The molecule has 0 spiro atoms. The van der Waals surface area contributed by atoms with Gasteiger partial charge in [0.05, 0.1) is 15.7 Å². The minimum absolute atomic E-state index is 0.00409. The maximum Gasteiger partial charge on any atom is 0.250 e. The Hall–Kier alpha value is -1.26. The lowest BCUT2D eigenvalue weighted by atomic mass is 10.0. The molecule has 112 valence electrons. The average Bonchev–Trinajstić information content (AvgIpc) is 2.94. The van der Waals surface area contributed by atoms with Gasteiger partial charge in [-0.1, -0.05) is 36.2 Å². The molecule has 0 N–H and O–H groups in total. The molecule has 2 amide bonds. The lowest BCUT2D eigenvalue weighted by Crippen LogP contribution is -2.63. The molecule has 1 aromatic rings. The fourth-order valence-electron chi connectivity index (χ4n) is 3.25. The quantitative estimate of drug-likeness (QED) is 0.837. The zero-order valence-corrected chi connectivity index (χ0v) is 13.2. The van der Waals surface area contributed by atoms with Gasteiger partial charge in [0.15, 0.2) is 0 Å². The number of benzene rings is 1. The largest absolute Gasteiger partial charge is 0.329 e. The zero-order chi connectivity index (χ0) is 15.1. The van der Waals surface area contributed by atoms with E-state index in [4.69, 9.17) is 23.2 Å². The van der Waals surface area contributed by atoms with E-state index in [1.807, 2.05) is 6.92 Å². The molecule has 4 nitrogen and oxygen atoms in total. The minimum atomic E-state index is -0.524. The molecule has 2 atom stereocenters. The van der Waals surface area contributed by atoms with E-state index in [2.05, 4.69) is 0 Å². The molecular weight excluding hydrogens is 311 g/mol. The summed E-state index contributed by atoms with van der Waals surface area (Å²) in [5, 5.41) is 0.794. The molecule has 0 aromatic heterocycles. The lowest BCUT2D eigenvalue weighted by Gasteiger charge is -2.42. The molecular formula is C15H16Cl2N2O2. The van der Waals surface area contributed by atoms with Crippen molar-refractivity contribution in [3.05, 3.63) is 28.2 Å². The summed E-state index contributed by atoms with van der Waals surface area (Å²) >= 11 is 12.5. The first kappa shape index (κ1) is 14.7. The first-order valence-electron chi connectivity index (χ1n) is 7.13. The number of rotatable bonds is 2. The van der Waals surface area contributed by atoms with Gasteiger partial charge in [0.1, 0.15) is 12.1 Å². The predicted molar refractivity (Wildman–Crippen MR) is 82.8 cm³/mol. The topological polar surface area (TPSA) is 40.6 Å². The smallest absolute Gasteiger partial charge is 0.250 e. The third-order valence-corrected chi connectivity index (χ3v) is 4.83. The number of carbonyl (C=O) groups is 2. The number of piperazine rings is 1. The number of amides is 2. The van der Waals surface area contributed by atoms with Crippen LogP contribution >= 0.6 is 23.2 Å². The molecule has 2 fully saturated rings. The first-order chi connectivity index (χ1) is 10.1. The summed E-state index contributed by atoms with van der Waals surface area (Å²) in [6, 6.07) is 4.22. The molecule has 6 heteroatoms. The van der Waals surface area contributed by atoms with Crippen molar-refractivity contribution in [2.75, 3.05) is 11.4 Å². The Morgan fingerprint density at radius 1 is 1.19 bits per heavy atom. The van der Waals surface area contributed by atoms with E-state index in [0.29, 0.717) is 35.1 Å². The molecule has 21 heavy (non-hydrogen) atoms. The van der Waals surface area contributed by atoms with Crippen LogP contribution in [0, 0.1) is 0 Å². The van der Waals surface area contributed by atoms with Gasteiger partial charge in [0.2, 0.25) is 5.91 Å². The Labute approximate surface area is 133 Å². The normalized spacial score (nSPS) is 25.5. The number of halogens is 2. The van der Waals surface area contributed by atoms with E-state index >= 15 is 0 Å². The maximum atomic E-state index is 12.8. The summed E-state index contributed by atoms with van der Waals surface area (Å²) in [5.74, 6) is -0.0791. The van der Waals surface area contributed by atoms with Crippen molar-refractivity contribution in [1.82, 2.24) is 4.90 Å². The van der Waals surface area contributed by atoms with Crippen LogP contribution in [0.3, 0.4) is 0 Å². The molecule has 3 rings (SSSR count). The molecule has 1 aromatic carbocycles. The highest BCUT2D eigenvalue weighted by Crippen LogP contribution is 2.39. The van der Waals surface area contributed by atoms with E-state index in [-0.39, 0.29) is 17.9 Å². The van der Waals surface area contributed by atoms with Gasteiger partial charge in [-0.2, -0.15) is 0 Å². The number of para-hydroxylation sites is 1. The third kappa shape index (κ3) is 2.21. The zero-order valence-electron chi connectivity index (χ0n) is 11.7. The van der Waals surface area contributed by atoms with Crippen LogP contribution in [-0.4, -0.2) is 35.3 Å². The highest BCUT2D eigenvalue weighted by Gasteiger charge is 2.48. The van der Waals surface area contributed by atoms with E-state index < -0.39 is 6.04 Å². The lowest BCUT2D eigenvalue weighted by molar-refractivity contribution is -0.144. The number of anilines is 1. The summed E-state index contributed by atoms with van der Waals surface area (Å²) in [6.45, 7) is 2.56. The van der Waals surface area contributed by atoms with Gasteiger partial charge >= 0.3 is 0 Å². The first-order valence-corrected chi connectivity index (χ1v) is 7.89. The van der Waals surface area contributed by atoms with Crippen molar-refractivity contribution in [3.63, 3.8) is 0 Å². The molecule has 0 saturated carbocycles. The molecule has 0 aliphatic carbocycles. The van der Waals surface area contributed by atoms with Gasteiger partial charge in [0, 0.05) is 6.54 Å². The predicted octanol–water partition coefficient (Wildman–Crippen LogP) is 3.11. The van der Waals surface area contributed by atoms with E-state index in [0.717, 1.165) is 6.42 Å². The molecule has 2 unspecified atom stereocenters. The fraction of sp³-hybridized carbons (Fsp3) is 0.467. The second kappa shape index (κ2) is 5.50. The van der Waals surface area contributed by atoms with Crippen LogP contribution in [0.2, 0.25) is 10.0 Å². The molecule has 0 bridgehead atoms. The van der Waals surface area contributed by atoms with Crippen molar-refractivity contribution in [2.24, 2.45) is 0 Å². The van der Waals surface area contributed by atoms with Crippen LogP contribution in [0.15, 0.2) is 18.2 Å². The Morgan fingerprint density at radius 3 is 2.48 bits per heavy atom. The fourth-order valence-corrected chi connectivity index (χ4v) is 3.83. The van der Waals surface area contributed by atoms with Crippen molar-refractivity contribution in [3.8, 4) is 0 Å². The SMILES string of the molecule is CCC1C(=O)N2CCCC2C(=O)N1c1c(Cl)cccc1Cl. The maximum absolute atomic E-state index is 12.8. The molecule has 0 radical (unpaired) electrons. The highest BCUT2D eigenvalue weighted by molar-refractivity contribution is 6.40. The number of fused-ring (bicyclic) bond motifs is 1. The van der Waals surface area contributed by atoms with Crippen LogP contribution in [0.25, 0.3) is 0 Å². The Morgan fingerprint density at radius 2 is 1.86 bits per heavy atom. The molecule has 2 heterocycles. The summed E-state index contributed by atoms with van der Waals surface area (Å²) < 4.78 is 0. The van der Waals surface area contributed by atoms with Gasteiger partial charge in [-0.25, -0.2) is 0 Å². The highest BCUT2D eigenvalue weighted by atomic mass is 35.5. The minimum Gasteiger partial charge on any atom is -0.329 e. The Balaban J connectivity index is 2.10. The van der Waals surface area contributed by atoms with E-state index in [1.165, 1.54) is 4.90 Å². The molecule has 2 saturated heterocycles. The van der Waals surface area contributed by atoms with Gasteiger partial charge in [0.25, 0.3) is 5.91 Å². The van der Waals surface area contributed by atoms with Gasteiger partial charge in [-0.3, -0.25) is 14.5 Å². The van der Waals surface area contributed by atoms with Crippen LogP contribution in [0.1, 0.15) is 26.2 Å². The summed E-state index contributed by atoms with van der Waals surface area (Å²) in [5.41, 5.74) is 0.456. The Kier molecular flexibility index (Phi) is 3.84. The number of carbonyl (C=O) groups excluding carboxylic acids is 2. The van der Waals surface area contributed by atoms with Gasteiger partial charge in [-0.05, 0) is 31.4 Å². The summed E-state index contributed by atoms with van der Waals surface area (Å²) in [6.07, 6.45) is 2.11. The summed E-state index contributed by atoms with van der Waals surface area (Å²) in [4.78, 5) is 28.7. The third-order valence-electron chi connectivity index (χ3n) is 4.22. The number of nitrogens with zero attached hydrogens (tertiary/aromatic N) is 2. The van der Waals surface area contributed by atoms with Crippen LogP contribution in [0.5, 0.6) is 0 Å². The monoisotopic (exact) mass is 326 g/mol. The standard InChI is InChI=1S/C15H16Cl2N2O2/c1-2-11-14(20)18-8-4-7-12(18)15(21)19(11)13-9(16)5-3-6-10(13)17/h3,5-6,11-12H,2,4,7-8H2,1H3.